The molecule has 0 atom stereocenters. The van der Waals surface area contributed by atoms with Gasteiger partial charge in [0.1, 0.15) is 0 Å². The molecule has 0 spiro atoms. The monoisotopic (exact) mass is 170 g/mol. The molecular weight excluding hydrogens is 148 g/mol. The lowest BCUT2D eigenvalue weighted by molar-refractivity contribution is 0.194. The summed E-state index contributed by atoms with van der Waals surface area (Å²) in [5, 5.41) is 9.82. The summed E-state index contributed by atoms with van der Waals surface area (Å²) in [7, 11) is 0. The highest BCUT2D eigenvalue weighted by atomic mass is 16.3. The van der Waals surface area contributed by atoms with Gasteiger partial charge in [-0.15, -0.1) is 0 Å². The van der Waals surface area contributed by atoms with Crippen molar-refractivity contribution in [2.45, 2.75) is 53.4 Å². The quantitative estimate of drug-likeness (QED) is 0.617. The van der Waals surface area contributed by atoms with Gasteiger partial charge >= 0.3 is 0 Å². The molecule has 0 aromatic carbocycles. The highest BCUT2D eigenvalue weighted by Gasteiger charge is 2.27. The van der Waals surface area contributed by atoms with Crippen molar-refractivity contribution in [2.24, 2.45) is 5.41 Å². The van der Waals surface area contributed by atoms with E-state index < -0.39 is 0 Å². The summed E-state index contributed by atoms with van der Waals surface area (Å²) in [4.78, 5) is 0. The summed E-state index contributed by atoms with van der Waals surface area (Å²) in [5.74, 6) is 0.595. The average Bonchev–Trinajstić information content (AvgIpc) is 2.09. The molecule has 0 aromatic heterocycles. The van der Waals surface area contributed by atoms with Gasteiger partial charge in [0.2, 0.25) is 0 Å². The zero-order valence-electron chi connectivity index (χ0n) is 8.85. The van der Waals surface area contributed by atoms with Crippen LogP contribution in [0.1, 0.15) is 53.4 Å². The van der Waals surface area contributed by atoms with E-state index in [1.165, 1.54) is 0 Å². The molecule has 12 heavy (non-hydrogen) atoms. The Bertz CT molecular complexity index is 135. The molecule has 1 N–H and O–H groups in total. The second-order valence-corrected chi connectivity index (χ2v) is 3.34. The van der Waals surface area contributed by atoms with Crippen LogP contribution in [0.25, 0.3) is 0 Å². The van der Waals surface area contributed by atoms with Gasteiger partial charge in [0.25, 0.3) is 0 Å². The minimum atomic E-state index is 0.0516. The molecule has 0 unspecified atom stereocenters. The van der Waals surface area contributed by atoms with Crippen LogP contribution >= 0.6 is 0 Å². The van der Waals surface area contributed by atoms with Gasteiger partial charge < -0.3 is 5.11 Å². The maximum atomic E-state index is 9.82. The summed E-state index contributed by atoms with van der Waals surface area (Å²) in [6.07, 6.45) is 5.96. The first-order valence-electron chi connectivity index (χ1n) is 5.06. The third-order valence-corrected chi connectivity index (χ3v) is 2.97. The van der Waals surface area contributed by atoms with Gasteiger partial charge in [-0.05, 0) is 31.8 Å². The molecule has 0 heterocycles. The van der Waals surface area contributed by atoms with Crippen molar-refractivity contribution in [2.75, 3.05) is 0 Å². The zero-order valence-corrected chi connectivity index (χ0v) is 8.85. The first-order valence-corrected chi connectivity index (χ1v) is 5.06. The van der Waals surface area contributed by atoms with Crippen LogP contribution in [-0.4, -0.2) is 5.11 Å². The largest absolute Gasteiger partial charge is 0.512 e. The predicted octanol–water partition coefficient (Wildman–Crippen LogP) is 4.05. The van der Waals surface area contributed by atoms with E-state index in [4.69, 9.17) is 0 Å². The maximum Gasteiger partial charge on any atom is 0.0943 e. The Hall–Kier alpha value is -0.460. The van der Waals surface area contributed by atoms with E-state index in [1.54, 1.807) is 0 Å². The number of hydrogen-bond acceptors (Lipinski definition) is 1. The Morgan fingerprint density at radius 1 is 1.08 bits per heavy atom. The van der Waals surface area contributed by atoms with Gasteiger partial charge in [-0.1, -0.05) is 27.7 Å². The van der Waals surface area contributed by atoms with Gasteiger partial charge in [-0.3, -0.25) is 0 Å². The third kappa shape index (κ3) is 2.26. The smallest absolute Gasteiger partial charge is 0.0943 e. The first kappa shape index (κ1) is 11.5. The molecule has 0 aromatic rings. The minimum absolute atomic E-state index is 0.0516. The Kier molecular flexibility index (Phi) is 5.03. The van der Waals surface area contributed by atoms with Crippen LogP contribution in [-0.2, 0) is 0 Å². The highest BCUT2D eigenvalue weighted by molar-refractivity contribution is 5.05. The molecule has 0 amide bonds. The summed E-state index contributed by atoms with van der Waals surface area (Å²) >= 11 is 0. The molecule has 0 rings (SSSR count). The Balaban J connectivity index is 4.58. The van der Waals surface area contributed by atoms with Gasteiger partial charge in [0.15, 0.2) is 0 Å². The summed E-state index contributed by atoms with van der Waals surface area (Å²) in [6, 6.07) is 0. The fraction of sp³-hybridized carbons (Fsp3) is 0.818. The van der Waals surface area contributed by atoms with E-state index in [1.807, 2.05) is 6.08 Å². The lowest BCUT2D eigenvalue weighted by atomic mass is 9.77. The van der Waals surface area contributed by atoms with E-state index >= 15 is 0 Å². The SMILES string of the molecule is CCC=C(O)C(CC)(CC)CC. The van der Waals surface area contributed by atoms with Crippen molar-refractivity contribution in [1.82, 2.24) is 0 Å². The van der Waals surface area contributed by atoms with Crippen molar-refractivity contribution in [3.05, 3.63) is 11.8 Å². The first-order chi connectivity index (χ1) is 5.66. The Morgan fingerprint density at radius 3 is 1.75 bits per heavy atom. The molecule has 0 saturated heterocycles. The van der Waals surface area contributed by atoms with Crippen LogP contribution in [0.4, 0.5) is 0 Å². The zero-order chi connectivity index (χ0) is 9.61. The summed E-state index contributed by atoms with van der Waals surface area (Å²) in [5.41, 5.74) is 0.0516. The fourth-order valence-electron chi connectivity index (χ4n) is 1.70. The van der Waals surface area contributed by atoms with Crippen LogP contribution < -0.4 is 0 Å². The number of hydrogen-bond donors (Lipinski definition) is 1. The van der Waals surface area contributed by atoms with E-state index in [0.29, 0.717) is 5.76 Å². The predicted molar refractivity (Wildman–Crippen MR) is 54.3 cm³/mol. The normalized spacial score (nSPS) is 13.5. The highest BCUT2D eigenvalue weighted by Crippen LogP contribution is 2.36. The Labute approximate surface area is 76.5 Å². The molecule has 1 nitrogen and oxygen atoms in total. The van der Waals surface area contributed by atoms with E-state index in [9.17, 15) is 5.11 Å². The molecule has 0 saturated carbocycles. The van der Waals surface area contributed by atoms with Gasteiger partial charge in [-0.2, -0.15) is 0 Å². The number of aliphatic hydroxyl groups excluding tert-OH is 1. The van der Waals surface area contributed by atoms with Crippen molar-refractivity contribution in [3.63, 3.8) is 0 Å². The lowest BCUT2D eigenvalue weighted by Gasteiger charge is -2.29. The van der Waals surface area contributed by atoms with Crippen molar-refractivity contribution in [3.8, 4) is 0 Å². The van der Waals surface area contributed by atoms with Crippen molar-refractivity contribution in [1.29, 1.82) is 0 Å². The molecule has 0 aliphatic carbocycles. The number of allylic oxidation sites excluding steroid dienone is 2. The van der Waals surface area contributed by atoms with Crippen LogP contribution in [0, 0.1) is 5.41 Å². The topological polar surface area (TPSA) is 20.2 Å². The van der Waals surface area contributed by atoms with Crippen LogP contribution in [0.3, 0.4) is 0 Å². The van der Waals surface area contributed by atoms with E-state index in [-0.39, 0.29) is 5.41 Å². The maximum absolute atomic E-state index is 9.82. The molecule has 0 fully saturated rings. The van der Waals surface area contributed by atoms with Crippen molar-refractivity contribution >= 4 is 0 Å². The fourth-order valence-corrected chi connectivity index (χ4v) is 1.70. The molecule has 1 heteroatoms. The molecule has 0 bridgehead atoms. The van der Waals surface area contributed by atoms with Gasteiger partial charge in [0, 0.05) is 5.41 Å². The average molecular weight is 170 g/mol. The standard InChI is InChI=1S/C11H22O/c1-5-9-10(12)11(6-2,7-3)8-4/h9,12H,5-8H2,1-4H3. The van der Waals surface area contributed by atoms with Crippen LogP contribution in [0.5, 0.6) is 0 Å². The van der Waals surface area contributed by atoms with E-state index in [2.05, 4.69) is 27.7 Å². The second kappa shape index (κ2) is 5.23. The number of rotatable bonds is 5. The summed E-state index contributed by atoms with van der Waals surface area (Å²) in [6.45, 7) is 8.49. The van der Waals surface area contributed by atoms with Gasteiger partial charge in [0.05, 0.1) is 5.76 Å². The number of aliphatic hydroxyl groups is 1. The van der Waals surface area contributed by atoms with Gasteiger partial charge in [-0.25, -0.2) is 0 Å². The third-order valence-electron chi connectivity index (χ3n) is 2.97. The molecule has 72 valence electrons. The minimum Gasteiger partial charge on any atom is -0.512 e. The molecule has 0 aliphatic rings. The lowest BCUT2D eigenvalue weighted by Crippen LogP contribution is -2.20. The van der Waals surface area contributed by atoms with Crippen molar-refractivity contribution < 1.29 is 5.11 Å². The van der Waals surface area contributed by atoms with Crippen LogP contribution in [0.15, 0.2) is 11.8 Å². The second-order valence-electron chi connectivity index (χ2n) is 3.34. The molecule has 0 radical (unpaired) electrons. The summed E-state index contributed by atoms with van der Waals surface area (Å²) < 4.78 is 0. The van der Waals surface area contributed by atoms with E-state index in [0.717, 1.165) is 25.7 Å². The Morgan fingerprint density at radius 2 is 1.50 bits per heavy atom. The molecular formula is C11H22O. The van der Waals surface area contributed by atoms with Crippen LogP contribution in [0.2, 0.25) is 0 Å². The molecule has 0 aliphatic heterocycles.